The standard InChI is InChI=1S/C15H19NO4/c1-2-20-12-7-3-10(4-8-12)14(17)9-13(15(18)19)16-11-5-6-11/h3-4,7-8,11,13,16H,2,5-6,9H2,1H3,(H,18,19)/t13-/m0/s1. The van der Waals surface area contributed by atoms with E-state index in [4.69, 9.17) is 4.74 Å². The number of benzene rings is 1. The van der Waals surface area contributed by atoms with Gasteiger partial charge in [0.2, 0.25) is 0 Å². The van der Waals surface area contributed by atoms with Gasteiger partial charge in [0, 0.05) is 18.4 Å². The first-order chi connectivity index (χ1) is 9.60. The highest BCUT2D eigenvalue weighted by atomic mass is 16.5. The van der Waals surface area contributed by atoms with E-state index in [0.717, 1.165) is 12.8 Å². The van der Waals surface area contributed by atoms with E-state index >= 15 is 0 Å². The number of ketones is 1. The molecule has 0 aromatic heterocycles. The molecule has 1 aliphatic carbocycles. The zero-order valence-electron chi connectivity index (χ0n) is 11.5. The normalized spacial score (nSPS) is 15.7. The van der Waals surface area contributed by atoms with Crippen molar-refractivity contribution in [3.05, 3.63) is 29.8 Å². The Morgan fingerprint density at radius 3 is 2.50 bits per heavy atom. The molecule has 0 saturated heterocycles. The SMILES string of the molecule is CCOc1ccc(C(=O)C[C@H]([NH2+]C2CC2)C(=O)[O-])cc1. The van der Waals surface area contributed by atoms with Gasteiger partial charge in [-0.2, -0.15) is 0 Å². The van der Waals surface area contributed by atoms with Crippen molar-refractivity contribution in [3.63, 3.8) is 0 Å². The van der Waals surface area contributed by atoms with Crippen LogP contribution in [-0.4, -0.2) is 30.4 Å². The molecule has 0 amide bonds. The zero-order chi connectivity index (χ0) is 14.5. The Balaban J connectivity index is 1.96. The van der Waals surface area contributed by atoms with Gasteiger partial charge in [0.25, 0.3) is 0 Å². The molecule has 1 saturated carbocycles. The molecular formula is C15H19NO4. The Morgan fingerprint density at radius 2 is 2.00 bits per heavy atom. The fraction of sp³-hybridized carbons (Fsp3) is 0.467. The monoisotopic (exact) mass is 277 g/mol. The van der Waals surface area contributed by atoms with Crippen LogP contribution in [0.25, 0.3) is 0 Å². The van der Waals surface area contributed by atoms with Gasteiger partial charge in [-0.05, 0) is 31.2 Å². The van der Waals surface area contributed by atoms with E-state index < -0.39 is 12.0 Å². The lowest BCUT2D eigenvalue weighted by Gasteiger charge is -2.15. The first-order valence-corrected chi connectivity index (χ1v) is 6.92. The summed E-state index contributed by atoms with van der Waals surface area (Å²) in [6, 6.07) is 6.31. The third kappa shape index (κ3) is 4.06. The number of hydrogen-bond acceptors (Lipinski definition) is 4. The maximum atomic E-state index is 12.1. The van der Waals surface area contributed by atoms with Gasteiger partial charge in [-0.15, -0.1) is 0 Å². The Morgan fingerprint density at radius 1 is 1.35 bits per heavy atom. The summed E-state index contributed by atoms with van der Waals surface area (Å²) in [5.74, 6) is -0.652. The minimum Gasteiger partial charge on any atom is -0.544 e. The predicted molar refractivity (Wildman–Crippen MR) is 70.3 cm³/mol. The van der Waals surface area contributed by atoms with Crippen molar-refractivity contribution in [2.75, 3.05) is 6.61 Å². The maximum Gasteiger partial charge on any atom is 0.169 e. The molecule has 1 aliphatic rings. The number of carboxylic acids is 1. The van der Waals surface area contributed by atoms with Crippen LogP contribution in [0.3, 0.4) is 0 Å². The smallest absolute Gasteiger partial charge is 0.169 e. The summed E-state index contributed by atoms with van der Waals surface area (Å²) in [5, 5.41) is 12.8. The number of carbonyl (C=O) groups excluding carboxylic acids is 2. The number of aliphatic carboxylic acids is 1. The maximum absolute atomic E-state index is 12.1. The molecule has 1 atom stereocenters. The second-order valence-corrected chi connectivity index (χ2v) is 5.04. The number of quaternary nitrogens is 1. The minimum absolute atomic E-state index is 0.0349. The Labute approximate surface area is 117 Å². The molecule has 0 spiro atoms. The van der Waals surface area contributed by atoms with Crippen molar-refractivity contribution < 1.29 is 24.7 Å². The second-order valence-electron chi connectivity index (χ2n) is 5.04. The van der Waals surface area contributed by atoms with Crippen LogP contribution < -0.4 is 15.2 Å². The molecular weight excluding hydrogens is 258 g/mol. The van der Waals surface area contributed by atoms with E-state index in [1.54, 1.807) is 29.6 Å². The lowest BCUT2D eigenvalue weighted by Crippen LogP contribution is -2.94. The molecule has 0 aliphatic heterocycles. The average molecular weight is 277 g/mol. The Bertz CT molecular complexity index is 479. The highest BCUT2D eigenvalue weighted by molar-refractivity contribution is 5.98. The van der Waals surface area contributed by atoms with E-state index in [0.29, 0.717) is 24.0 Å². The van der Waals surface area contributed by atoms with Gasteiger partial charge in [0.05, 0.1) is 25.0 Å². The number of carbonyl (C=O) groups is 2. The van der Waals surface area contributed by atoms with Crippen LogP contribution in [0.15, 0.2) is 24.3 Å². The second kappa shape index (κ2) is 6.52. The van der Waals surface area contributed by atoms with Gasteiger partial charge in [-0.25, -0.2) is 0 Å². The summed E-state index contributed by atoms with van der Waals surface area (Å²) in [4.78, 5) is 23.1. The number of Topliss-reactive ketones (excluding diaryl/α,β-unsaturated/α-hetero) is 1. The molecule has 20 heavy (non-hydrogen) atoms. The van der Waals surface area contributed by atoms with Crippen molar-refractivity contribution in [1.82, 2.24) is 0 Å². The van der Waals surface area contributed by atoms with E-state index in [-0.39, 0.29) is 12.2 Å². The van der Waals surface area contributed by atoms with Crippen molar-refractivity contribution in [3.8, 4) is 5.75 Å². The van der Waals surface area contributed by atoms with Crippen LogP contribution in [0.1, 0.15) is 36.5 Å². The van der Waals surface area contributed by atoms with Crippen molar-refractivity contribution in [1.29, 1.82) is 0 Å². The van der Waals surface area contributed by atoms with Crippen LogP contribution in [0.4, 0.5) is 0 Å². The molecule has 1 aromatic carbocycles. The third-order valence-corrected chi connectivity index (χ3v) is 3.32. The van der Waals surface area contributed by atoms with Crippen molar-refractivity contribution in [2.45, 2.75) is 38.3 Å². The van der Waals surface area contributed by atoms with Gasteiger partial charge >= 0.3 is 0 Å². The molecule has 1 fully saturated rings. The molecule has 0 bridgehead atoms. The molecule has 5 nitrogen and oxygen atoms in total. The summed E-state index contributed by atoms with van der Waals surface area (Å²) >= 11 is 0. The summed E-state index contributed by atoms with van der Waals surface area (Å²) in [6.07, 6.45) is 1.99. The van der Waals surface area contributed by atoms with Crippen LogP contribution in [0.2, 0.25) is 0 Å². The van der Waals surface area contributed by atoms with Crippen molar-refractivity contribution in [2.24, 2.45) is 0 Å². The highest BCUT2D eigenvalue weighted by Crippen LogP contribution is 2.16. The van der Waals surface area contributed by atoms with E-state index in [1.807, 2.05) is 6.92 Å². The predicted octanol–water partition coefficient (Wildman–Crippen LogP) is -0.498. The number of nitrogens with two attached hydrogens (primary N) is 1. The van der Waals surface area contributed by atoms with Crippen LogP contribution in [0, 0.1) is 0 Å². The number of hydrogen-bond donors (Lipinski definition) is 1. The van der Waals surface area contributed by atoms with E-state index in [1.165, 1.54) is 0 Å². The molecule has 0 unspecified atom stereocenters. The number of ether oxygens (including phenoxy) is 1. The zero-order valence-corrected chi connectivity index (χ0v) is 11.5. The molecule has 1 aromatic rings. The summed E-state index contributed by atoms with van der Waals surface area (Å²) in [7, 11) is 0. The van der Waals surface area contributed by atoms with Gasteiger partial charge in [-0.3, -0.25) is 4.79 Å². The van der Waals surface area contributed by atoms with Crippen LogP contribution in [0.5, 0.6) is 5.75 Å². The largest absolute Gasteiger partial charge is 0.544 e. The topological polar surface area (TPSA) is 83.0 Å². The van der Waals surface area contributed by atoms with Gasteiger partial charge in [0.1, 0.15) is 11.8 Å². The number of rotatable bonds is 8. The van der Waals surface area contributed by atoms with Crippen molar-refractivity contribution >= 4 is 11.8 Å². The van der Waals surface area contributed by atoms with Gasteiger partial charge < -0.3 is 20.0 Å². The quantitative estimate of drug-likeness (QED) is 0.650. The van der Waals surface area contributed by atoms with E-state index in [2.05, 4.69) is 0 Å². The van der Waals surface area contributed by atoms with E-state index in [9.17, 15) is 14.7 Å². The average Bonchev–Trinajstić information content (AvgIpc) is 3.23. The summed E-state index contributed by atoms with van der Waals surface area (Å²) in [6.45, 7) is 2.45. The highest BCUT2D eigenvalue weighted by Gasteiger charge is 2.31. The molecule has 2 rings (SSSR count). The molecule has 0 heterocycles. The molecule has 5 heteroatoms. The summed E-state index contributed by atoms with van der Waals surface area (Å²) < 4.78 is 5.30. The Hall–Kier alpha value is -1.88. The lowest BCUT2D eigenvalue weighted by molar-refractivity contribution is -0.695. The van der Waals surface area contributed by atoms with Crippen LogP contribution >= 0.6 is 0 Å². The first-order valence-electron chi connectivity index (χ1n) is 6.92. The van der Waals surface area contributed by atoms with Gasteiger partial charge in [-0.1, -0.05) is 0 Å². The number of carboxylic acid groups (broad SMARTS) is 1. The molecule has 108 valence electrons. The third-order valence-electron chi connectivity index (χ3n) is 3.32. The van der Waals surface area contributed by atoms with Gasteiger partial charge in [0.15, 0.2) is 5.78 Å². The Kier molecular flexibility index (Phi) is 4.74. The fourth-order valence-corrected chi connectivity index (χ4v) is 2.07. The summed E-state index contributed by atoms with van der Waals surface area (Å²) in [5.41, 5.74) is 0.504. The lowest BCUT2D eigenvalue weighted by atomic mass is 10.0. The molecule has 2 N–H and O–H groups in total. The first kappa shape index (κ1) is 14.5. The fourth-order valence-electron chi connectivity index (χ4n) is 2.07. The van der Waals surface area contributed by atoms with Crippen LogP contribution in [-0.2, 0) is 4.79 Å². The molecule has 0 radical (unpaired) electrons. The minimum atomic E-state index is -1.17.